The van der Waals surface area contributed by atoms with E-state index in [1.165, 1.54) is 11.3 Å². The van der Waals surface area contributed by atoms with Crippen molar-refractivity contribution in [3.8, 4) is 16.8 Å². The summed E-state index contributed by atoms with van der Waals surface area (Å²) < 4.78 is 5.34. The van der Waals surface area contributed by atoms with Crippen LogP contribution in [0.4, 0.5) is 0 Å². The van der Waals surface area contributed by atoms with E-state index in [-0.39, 0.29) is 6.04 Å². The molecule has 0 N–H and O–H groups in total. The van der Waals surface area contributed by atoms with Gasteiger partial charge in [0.15, 0.2) is 5.82 Å². The highest BCUT2D eigenvalue weighted by atomic mass is 32.1. The lowest BCUT2D eigenvalue weighted by Gasteiger charge is -2.35. The summed E-state index contributed by atoms with van der Waals surface area (Å²) >= 11 is 1.37. The second-order valence-corrected chi connectivity index (χ2v) is 6.08. The van der Waals surface area contributed by atoms with Crippen molar-refractivity contribution in [3.63, 3.8) is 0 Å². The minimum atomic E-state index is 0.154. The van der Waals surface area contributed by atoms with Gasteiger partial charge in [-0.05, 0) is 26.2 Å². The number of aromatic nitrogens is 2. The van der Waals surface area contributed by atoms with E-state index < -0.39 is 0 Å². The monoisotopic (exact) mass is 289 g/mol. The zero-order valence-electron chi connectivity index (χ0n) is 11.4. The fraction of sp³-hybridized carbons (Fsp3) is 0.462. The summed E-state index contributed by atoms with van der Waals surface area (Å²) in [5.41, 5.74) is 0. The van der Waals surface area contributed by atoms with Gasteiger partial charge in [-0.3, -0.25) is 4.90 Å². The Balaban J connectivity index is 1.84. The van der Waals surface area contributed by atoms with Crippen LogP contribution in [0.15, 0.2) is 16.7 Å². The summed E-state index contributed by atoms with van der Waals surface area (Å²) in [5, 5.41) is 13.0. The molecule has 1 fully saturated rings. The molecular weight excluding hydrogens is 274 g/mol. The highest BCUT2D eigenvalue weighted by molar-refractivity contribution is 7.15. The molecule has 3 rings (SSSR count). The number of hydrogen-bond acceptors (Lipinski definition) is 7. The van der Waals surface area contributed by atoms with Gasteiger partial charge in [0.1, 0.15) is 10.9 Å². The van der Waals surface area contributed by atoms with Crippen LogP contribution >= 0.6 is 11.3 Å². The molecule has 104 valence electrons. The Morgan fingerprint density at radius 2 is 2.25 bits per heavy atom. The van der Waals surface area contributed by atoms with E-state index in [0.717, 1.165) is 24.5 Å². The van der Waals surface area contributed by atoms with E-state index in [1.54, 1.807) is 6.07 Å². The summed E-state index contributed by atoms with van der Waals surface area (Å²) in [6.07, 6.45) is 0. The average Bonchev–Trinajstić information content (AvgIpc) is 3.09. The van der Waals surface area contributed by atoms with Gasteiger partial charge in [-0.25, -0.2) is 0 Å². The minimum Gasteiger partial charge on any atom is -0.333 e. The minimum absolute atomic E-state index is 0.154. The van der Waals surface area contributed by atoms with Crippen molar-refractivity contribution in [3.05, 3.63) is 22.8 Å². The average molecular weight is 289 g/mol. The van der Waals surface area contributed by atoms with Crippen LogP contribution in [0.1, 0.15) is 16.7 Å². The van der Waals surface area contributed by atoms with E-state index in [9.17, 15) is 0 Å². The van der Waals surface area contributed by atoms with Gasteiger partial charge in [-0.2, -0.15) is 10.2 Å². The Morgan fingerprint density at radius 3 is 3.00 bits per heavy atom. The summed E-state index contributed by atoms with van der Waals surface area (Å²) in [7, 11) is 4.17. The highest BCUT2D eigenvalue weighted by Gasteiger charge is 2.28. The Labute approximate surface area is 121 Å². The Kier molecular flexibility index (Phi) is 3.53. The molecule has 2 aromatic rings. The molecule has 0 amide bonds. The standard InChI is InChI=1S/C13H15N5OS/c1-17-5-6-18(2)10(8-17)12-15-13(19-16-12)11-4-3-9(7-14)20-11/h3-4,10H,5-6,8H2,1-2H3. The predicted molar refractivity (Wildman–Crippen MR) is 75.2 cm³/mol. The fourth-order valence-corrected chi connectivity index (χ4v) is 3.00. The van der Waals surface area contributed by atoms with Gasteiger partial charge in [-0.15, -0.1) is 11.3 Å². The molecule has 0 spiro atoms. The number of likely N-dealkylation sites (N-methyl/N-ethyl adjacent to an activating group) is 2. The molecule has 2 aromatic heterocycles. The third-order valence-electron chi connectivity index (χ3n) is 3.52. The number of hydrogen-bond donors (Lipinski definition) is 0. The first kappa shape index (κ1) is 13.2. The van der Waals surface area contributed by atoms with E-state index >= 15 is 0 Å². The summed E-state index contributed by atoms with van der Waals surface area (Å²) in [5.74, 6) is 1.20. The number of nitriles is 1. The Bertz CT molecular complexity index is 643. The molecule has 0 radical (unpaired) electrons. The van der Waals surface area contributed by atoms with Gasteiger partial charge in [0.2, 0.25) is 0 Å². The molecule has 0 aromatic carbocycles. The number of piperazine rings is 1. The van der Waals surface area contributed by atoms with Gasteiger partial charge >= 0.3 is 0 Å². The van der Waals surface area contributed by atoms with Gasteiger partial charge in [-0.1, -0.05) is 5.16 Å². The molecule has 7 heteroatoms. The molecule has 1 saturated heterocycles. The first-order valence-corrected chi connectivity index (χ1v) is 7.21. The number of nitrogens with zero attached hydrogens (tertiary/aromatic N) is 5. The summed E-state index contributed by atoms with van der Waals surface area (Å²) in [4.78, 5) is 10.5. The van der Waals surface area contributed by atoms with E-state index in [0.29, 0.717) is 16.6 Å². The van der Waals surface area contributed by atoms with Crippen LogP contribution in [0.3, 0.4) is 0 Å². The van der Waals surface area contributed by atoms with Gasteiger partial charge in [0.05, 0.1) is 10.9 Å². The van der Waals surface area contributed by atoms with Crippen LogP contribution in [0.25, 0.3) is 10.8 Å². The molecule has 0 aliphatic carbocycles. The maximum absolute atomic E-state index is 8.85. The van der Waals surface area contributed by atoms with E-state index in [4.69, 9.17) is 9.78 Å². The van der Waals surface area contributed by atoms with Crippen molar-refractivity contribution in [2.24, 2.45) is 0 Å². The quantitative estimate of drug-likeness (QED) is 0.836. The van der Waals surface area contributed by atoms with E-state index in [1.807, 2.05) is 6.07 Å². The zero-order chi connectivity index (χ0) is 14.1. The molecule has 0 saturated carbocycles. The second kappa shape index (κ2) is 5.32. The topological polar surface area (TPSA) is 69.2 Å². The molecule has 3 heterocycles. The molecule has 20 heavy (non-hydrogen) atoms. The first-order chi connectivity index (χ1) is 9.67. The van der Waals surface area contributed by atoms with Crippen molar-refractivity contribution in [1.29, 1.82) is 5.26 Å². The van der Waals surface area contributed by atoms with Crippen molar-refractivity contribution < 1.29 is 4.52 Å². The lowest BCUT2D eigenvalue weighted by molar-refractivity contribution is 0.108. The summed E-state index contributed by atoms with van der Waals surface area (Å²) in [6, 6.07) is 5.88. The van der Waals surface area contributed by atoms with Crippen molar-refractivity contribution in [1.82, 2.24) is 19.9 Å². The molecule has 1 aliphatic heterocycles. The number of rotatable bonds is 2. The largest absolute Gasteiger partial charge is 0.333 e. The van der Waals surface area contributed by atoms with Crippen molar-refractivity contribution in [2.45, 2.75) is 6.04 Å². The Morgan fingerprint density at radius 1 is 1.40 bits per heavy atom. The molecule has 1 unspecified atom stereocenters. The van der Waals surface area contributed by atoms with Crippen LogP contribution in [0.5, 0.6) is 0 Å². The first-order valence-electron chi connectivity index (χ1n) is 6.40. The lowest BCUT2D eigenvalue weighted by Crippen LogP contribution is -2.45. The molecular formula is C13H15N5OS. The molecule has 1 atom stereocenters. The summed E-state index contributed by atoms with van der Waals surface area (Å²) in [6.45, 7) is 2.93. The van der Waals surface area contributed by atoms with Crippen LogP contribution in [0.2, 0.25) is 0 Å². The predicted octanol–water partition coefficient (Wildman–Crippen LogP) is 1.59. The smallest absolute Gasteiger partial charge is 0.268 e. The molecule has 0 bridgehead atoms. The van der Waals surface area contributed by atoms with Gasteiger partial charge in [0, 0.05) is 19.6 Å². The maximum Gasteiger partial charge on any atom is 0.268 e. The van der Waals surface area contributed by atoms with Crippen molar-refractivity contribution in [2.75, 3.05) is 33.7 Å². The van der Waals surface area contributed by atoms with Gasteiger partial charge < -0.3 is 9.42 Å². The van der Waals surface area contributed by atoms with E-state index in [2.05, 4.69) is 40.1 Å². The zero-order valence-corrected chi connectivity index (χ0v) is 12.2. The number of thiophene rings is 1. The highest BCUT2D eigenvalue weighted by Crippen LogP contribution is 2.28. The maximum atomic E-state index is 8.85. The van der Waals surface area contributed by atoms with Crippen LogP contribution in [-0.2, 0) is 0 Å². The Hall–Kier alpha value is -1.75. The molecule has 6 nitrogen and oxygen atoms in total. The third-order valence-corrected chi connectivity index (χ3v) is 4.50. The second-order valence-electron chi connectivity index (χ2n) is 4.99. The SMILES string of the molecule is CN1CCN(C)C(c2noc(-c3ccc(C#N)s3)n2)C1. The van der Waals surface area contributed by atoms with Gasteiger partial charge in [0.25, 0.3) is 5.89 Å². The van der Waals surface area contributed by atoms with Crippen LogP contribution in [-0.4, -0.2) is 53.7 Å². The van der Waals surface area contributed by atoms with Crippen LogP contribution < -0.4 is 0 Å². The fourth-order valence-electron chi connectivity index (χ4n) is 2.27. The lowest BCUT2D eigenvalue weighted by atomic mass is 10.2. The third kappa shape index (κ3) is 2.45. The van der Waals surface area contributed by atoms with Crippen molar-refractivity contribution >= 4 is 11.3 Å². The molecule has 1 aliphatic rings. The normalized spacial score (nSPS) is 20.9. The van der Waals surface area contributed by atoms with Crippen LogP contribution in [0, 0.1) is 11.3 Å².